The first-order valence-electron chi connectivity index (χ1n) is 5.75. The highest BCUT2D eigenvalue weighted by atomic mass is 19.1. The third-order valence-electron chi connectivity index (χ3n) is 2.82. The van der Waals surface area contributed by atoms with E-state index < -0.39 is 17.7 Å². The number of aryl methyl sites for hydroxylation is 1. The highest BCUT2D eigenvalue weighted by Gasteiger charge is 2.15. The van der Waals surface area contributed by atoms with Gasteiger partial charge in [-0.25, -0.2) is 8.78 Å². The van der Waals surface area contributed by atoms with Gasteiger partial charge in [-0.3, -0.25) is 4.68 Å². The zero-order chi connectivity index (χ0) is 13.1. The highest BCUT2D eigenvalue weighted by molar-refractivity contribution is 5.21. The number of nitrogens with zero attached hydrogens (tertiary/aromatic N) is 2. The van der Waals surface area contributed by atoms with Gasteiger partial charge in [0, 0.05) is 25.2 Å². The van der Waals surface area contributed by atoms with Crippen molar-refractivity contribution in [2.45, 2.75) is 26.0 Å². The van der Waals surface area contributed by atoms with Crippen LogP contribution in [0.1, 0.15) is 24.3 Å². The number of aliphatic hydroxyl groups excluding tert-OH is 1. The third kappa shape index (κ3) is 2.56. The molecule has 1 N–H and O–H groups in total. The van der Waals surface area contributed by atoms with E-state index >= 15 is 0 Å². The Kier molecular flexibility index (Phi) is 3.72. The molecule has 18 heavy (non-hydrogen) atoms. The summed E-state index contributed by atoms with van der Waals surface area (Å²) < 4.78 is 27.9. The molecule has 2 aromatic rings. The first kappa shape index (κ1) is 12.7. The number of hydrogen-bond acceptors (Lipinski definition) is 2. The summed E-state index contributed by atoms with van der Waals surface area (Å²) in [4.78, 5) is 0. The van der Waals surface area contributed by atoms with E-state index in [9.17, 15) is 13.9 Å². The maximum absolute atomic E-state index is 13.5. The molecule has 1 unspecified atom stereocenters. The minimum atomic E-state index is -0.854. The van der Waals surface area contributed by atoms with Crippen LogP contribution < -0.4 is 0 Å². The topological polar surface area (TPSA) is 38.0 Å². The van der Waals surface area contributed by atoms with Crippen molar-refractivity contribution < 1.29 is 13.9 Å². The van der Waals surface area contributed by atoms with Crippen molar-refractivity contribution >= 4 is 0 Å². The summed E-state index contributed by atoms with van der Waals surface area (Å²) in [6, 6.07) is 5.04. The Hall–Kier alpha value is -1.75. The highest BCUT2D eigenvalue weighted by Crippen LogP contribution is 2.20. The van der Waals surface area contributed by atoms with Crippen LogP contribution in [0.3, 0.4) is 0 Å². The molecule has 1 heterocycles. The van der Waals surface area contributed by atoms with Gasteiger partial charge < -0.3 is 5.11 Å². The van der Waals surface area contributed by atoms with Gasteiger partial charge in [0.05, 0.1) is 11.8 Å². The minimum Gasteiger partial charge on any atom is -0.386 e. The molecule has 2 rings (SSSR count). The van der Waals surface area contributed by atoms with Crippen molar-refractivity contribution in [2.24, 2.45) is 0 Å². The molecule has 0 spiro atoms. The molecule has 0 saturated heterocycles. The van der Waals surface area contributed by atoms with Crippen LogP contribution in [-0.2, 0) is 13.0 Å². The van der Waals surface area contributed by atoms with Gasteiger partial charge in [0.25, 0.3) is 0 Å². The first-order valence-corrected chi connectivity index (χ1v) is 5.75. The fourth-order valence-corrected chi connectivity index (χ4v) is 1.89. The Morgan fingerprint density at radius 2 is 2.11 bits per heavy atom. The van der Waals surface area contributed by atoms with E-state index in [4.69, 9.17) is 0 Å². The average Bonchev–Trinajstić information content (AvgIpc) is 2.81. The molecule has 3 nitrogen and oxygen atoms in total. The molecule has 0 saturated carbocycles. The van der Waals surface area contributed by atoms with Crippen molar-refractivity contribution in [3.05, 3.63) is 53.4 Å². The second-order valence-electron chi connectivity index (χ2n) is 4.03. The largest absolute Gasteiger partial charge is 0.386 e. The molecule has 1 atom stereocenters. The molecule has 0 amide bonds. The van der Waals surface area contributed by atoms with Crippen molar-refractivity contribution in [1.82, 2.24) is 9.78 Å². The number of rotatable bonds is 4. The Morgan fingerprint density at radius 1 is 1.33 bits per heavy atom. The lowest BCUT2D eigenvalue weighted by atomic mass is 10.0. The van der Waals surface area contributed by atoms with Gasteiger partial charge in [0.2, 0.25) is 0 Å². The second-order valence-corrected chi connectivity index (χ2v) is 4.03. The number of benzene rings is 1. The van der Waals surface area contributed by atoms with Crippen LogP contribution in [0.5, 0.6) is 0 Å². The Balaban J connectivity index is 2.18. The van der Waals surface area contributed by atoms with Crippen molar-refractivity contribution in [3.63, 3.8) is 0 Å². The molecule has 0 bridgehead atoms. The lowest BCUT2D eigenvalue weighted by Crippen LogP contribution is -2.10. The first-order chi connectivity index (χ1) is 8.61. The average molecular weight is 252 g/mol. The Bertz CT molecular complexity index is 540. The number of hydrogen-bond donors (Lipinski definition) is 1. The molecular formula is C13H14F2N2O. The zero-order valence-corrected chi connectivity index (χ0v) is 9.98. The van der Waals surface area contributed by atoms with Gasteiger partial charge in [-0.2, -0.15) is 5.10 Å². The summed E-state index contributed by atoms with van der Waals surface area (Å²) in [6.45, 7) is 2.53. The fraction of sp³-hybridized carbons (Fsp3) is 0.308. The van der Waals surface area contributed by atoms with E-state index in [0.717, 1.165) is 6.07 Å². The summed E-state index contributed by atoms with van der Waals surface area (Å²) in [5.41, 5.74) is 0.911. The normalized spacial score (nSPS) is 12.7. The van der Waals surface area contributed by atoms with Crippen LogP contribution in [0.25, 0.3) is 0 Å². The van der Waals surface area contributed by atoms with Crippen LogP contribution in [-0.4, -0.2) is 14.9 Å². The monoisotopic (exact) mass is 252 g/mol. The number of aromatic nitrogens is 2. The lowest BCUT2D eigenvalue weighted by Gasteiger charge is -2.13. The minimum absolute atomic E-state index is 0.0950. The molecule has 0 aliphatic carbocycles. The second kappa shape index (κ2) is 5.27. The SMILES string of the molecule is CCn1nccc1C(O)Cc1ccc(F)cc1F. The molecule has 1 aromatic heterocycles. The predicted octanol–water partition coefficient (Wildman–Crippen LogP) is 2.46. The Morgan fingerprint density at radius 3 is 2.78 bits per heavy atom. The van der Waals surface area contributed by atoms with E-state index in [1.54, 1.807) is 16.9 Å². The van der Waals surface area contributed by atoms with E-state index in [0.29, 0.717) is 12.2 Å². The van der Waals surface area contributed by atoms with Crippen LogP contribution in [0.15, 0.2) is 30.5 Å². The van der Waals surface area contributed by atoms with E-state index in [1.807, 2.05) is 6.92 Å². The summed E-state index contributed by atoms with van der Waals surface area (Å²) in [5.74, 6) is -1.26. The summed E-state index contributed by atoms with van der Waals surface area (Å²) in [5, 5.41) is 14.1. The van der Waals surface area contributed by atoms with Gasteiger partial charge >= 0.3 is 0 Å². The van der Waals surface area contributed by atoms with Crippen LogP contribution >= 0.6 is 0 Å². The van der Waals surface area contributed by atoms with Gasteiger partial charge in [-0.05, 0) is 24.6 Å². The molecule has 0 fully saturated rings. The number of aliphatic hydroxyl groups is 1. The summed E-state index contributed by atoms with van der Waals surface area (Å²) >= 11 is 0. The van der Waals surface area contributed by atoms with Crippen molar-refractivity contribution in [3.8, 4) is 0 Å². The molecule has 0 aliphatic heterocycles. The van der Waals surface area contributed by atoms with Crippen molar-refractivity contribution in [1.29, 1.82) is 0 Å². The van der Waals surface area contributed by atoms with E-state index in [2.05, 4.69) is 5.10 Å². The van der Waals surface area contributed by atoms with Crippen molar-refractivity contribution in [2.75, 3.05) is 0 Å². The van der Waals surface area contributed by atoms with Gasteiger partial charge in [0.1, 0.15) is 11.6 Å². The molecule has 0 aliphatic rings. The van der Waals surface area contributed by atoms with Crippen LogP contribution in [0.2, 0.25) is 0 Å². The molecule has 96 valence electrons. The summed E-state index contributed by atoms with van der Waals surface area (Å²) in [6.07, 6.45) is 0.827. The third-order valence-corrected chi connectivity index (χ3v) is 2.82. The number of halogens is 2. The molecule has 0 radical (unpaired) electrons. The van der Waals surface area contributed by atoms with E-state index in [1.165, 1.54) is 12.1 Å². The Labute approximate surface area is 104 Å². The molecule has 5 heteroatoms. The standard InChI is InChI=1S/C13H14F2N2O/c1-2-17-12(5-6-16-17)13(18)7-9-3-4-10(14)8-11(9)15/h3-6,8,13,18H,2,7H2,1H3. The van der Waals surface area contributed by atoms with Crippen LogP contribution in [0, 0.1) is 11.6 Å². The zero-order valence-electron chi connectivity index (χ0n) is 9.98. The van der Waals surface area contributed by atoms with Gasteiger partial charge in [-0.1, -0.05) is 6.07 Å². The van der Waals surface area contributed by atoms with E-state index in [-0.39, 0.29) is 12.0 Å². The fourth-order valence-electron chi connectivity index (χ4n) is 1.89. The lowest BCUT2D eigenvalue weighted by molar-refractivity contribution is 0.166. The quantitative estimate of drug-likeness (QED) is 0.907. The van der Waals surface area contributed by atoms with Gasteiger partial charge in [-0.15, -0.1) is 0 Å². The van der Waals surface area contributed by atoms with Crippen LogP contribution in [0.4, 0.5) is 8.78 Å². The molecule has 1 aromatic carbocycles. The smallest absolute Gasteiger partial charge is 0.129 e. The predicted molar refractivity (Wildman–Crippen MR) is 62.9 cm³/mol. The maximum atomic E-state index is 13.5. The van der Waals surface area contributed by atoms with Gasteiger partial charge in [0.15, 0.2) is 0 Å². The summed E-state index contributed by atoms with van der Waals surface area (Å²) in [7, 11) is 0. The maximum Gasteiger partial charge on any atom is 0.129 e. The molecular weight excluding hydrogens is 238 g/mol.